The Hall–Kier alpha value is -5.63. The monoisotopic (exact) mass is 995 g/mol. The van der Waals surface area contributed by atoms with Gasteiger partial charge < -0.3 is 39.6 Å². The van der Waals surface area contributed by atoms with Gasteiger partial charge in [0, 0.05) is 66.7 Å². The number of β-amino-alcohol motifs (C(OH)–C–C–N with tert-alkyl or cyclic N) is 1. The maximum Gasteiger partial charge on any atom is 0.251 e. The van der Waals surface area contributed by atoms with Gasteiger partial charge in [-0.2, -0.15) is 5.26 Å². The van der Waals surface area contributed by atoms with Gasteiger partial charge in [-0.15, -0.1) is 11.3 Å². The Morgan fingerprint density at radius 2 is 1.64 bits per heavy atom. The molecule has 1 saturated carbocycles. The molecular formula is C54H66ClN5O9S. The first kappa shape index (κ1) is 53.7. The molecule has 3 atom stereocenters. The summed E-state index contributed by atoms with van der Waals surface area (Å²) in [4.78, 5) is 60.0. The van der Waals surface area contributed by atoms with E-state index in [1.807, 2.05) is 51.2 Å². The quantitative estimate of drug-likeness (QED) is 0.0477. The van der Waals surface area contributed by atoms with Crippen LogP contribution in [0.5, 0.6) is 11.5 Å². The van der Waals surface area contributed by atoms with Gasteiger partial charge in [-0.25, -0.2) is 0 Å². The van der Waals surface area contributed by atoms with Gasteiger partial charge >= 0.3 is 0 Å². The summed E-state index contributed by atoms with van der Waals surface area (Å²) in [5.41, 5.74) is 3.41. The number of nitrogens with zero attached hydrogens (tertiary/aromatic N) is 3. The number of carbonyl (C=O) groups is 4. The zero-order valence-electron chi connectivity index (χ0n) is 41.2. The van der Waals surface area contributed by atoms with Crippen molar-refractivity contribution in [3.05, 3.63) is 112 Å². The van der Waals surface area contributed by atoms with Gasteiger partial charge in [-0.05, 0) is 78.3 Å². The van der Waals surface area contributed by atoms with Gasteiger partial charge in [-0.1, -0.05) is 90.4 Å². The summed E-state index contributed by atoms with van der Waals surface area (Å²) < 4.78 is 23.4. The summed E-state index contributed by atoms with van der Waals surface area (Å²) in [6.45, 7) is 15.9. The van der Waals surface area contributed by atoms with Crippen molar-refractivity contribution in [3.63, 3.8) is 0 Å². The molecule has 2 aliphatic rings. The second-order valence-corrected chi connectivity index (χ2v) is 21.5. The molecule has 1 saturated heterocycles. The van der Waals surface area contributed by atoms with E-state index >= 15 is 0 Å². The molecule has 374 valence electrons. The number of allylic oxidation sites excluding steroid dienone is 1. The predicted octanol–water partition coefficient (Wildman–Crippen LogP) is 8.60. The van der Waals surface area contributed by atoms with Crippen LogP contribution in [0.15, 0.2) is 90.6 Å². The van der Waals surface area contributed by atoms with Crippen LogP contribution >= 0.6 is 22.9 Å². The molecule has 14 nitrogen and oxygen atoms in total. The largest absolute Gasteiger partial charge is 0.494 e. The zero-order chi connectivity index (χ0) is 50.6. The lowest BCUT2D eigenvalue weighted by Crippen LogP contribution is -2.74. The minimum absolute atomic E-state index is 0.0658. The number of unbranched alkanes of at least 4 members (excludes halogenated alkanes) is 1. The van der Waals surface area contributed by atoms with Gasteiger partial charge in [0.2, 0.25) is 11.8 Å². The number of hydrogen-bond donors (Lipinski definition) is 3. The number of nitrogens with one attached hydrogen (secondary N) is 2. The van der Waals surface area contributed by atoms with Crippen LogP contribution in [0.2, 0.25) is 5.02 Å². The Morgan fingerprint density at radius 3 is 2.30 bits per heavy atom. The normalized spacial score (nSPS) is 19.7. The van der Waals surface area contributed by atoms with E-state index in [-0.39, 0.29) is 85.6 Å². The molecule has 70 heavy (non-hydrogen) atoms. The van der Waals surface area contributed by atoms with Gasteiger partial charge in [-0.3, -0.25) is 24.2 Å². The van der Waals surface area contributed by atoms with Crippen LogP contribution in [0.25, 0.3) is 10.4 Å². The number of aliphatic hydroxyl groups excluding tert-OH is 1. The smallest absolute Gasteiger partial charge is 0.251 e. The summed E-state index contributed by atoms with van der Waals surface area (Å²) in [6, 6.07) is 21.0. The third-order valence-corrected chi connectivity index (χ3v) is 14.3. The number of nitriles is 1. The first-order chi connectivity index (χ1) is 33.3. The highest BCUT2D eigenvalue weighted by Gasteiger charge is 2.64. The number of hydrogen-bond acceptors (Lipinski definition) is 12. The van der Waals surface area contributed by atoms with Gasteiger partial charge in [0.05, 0.1) is 46.9 Å². The minimum atomic E-state index is -0.813. The Bertz CT molecular complexity index is 2470. The summed E-state index contributed by atoms with van der Waals surface area (Å²) in [6.07, 6.45) is 5.86. The van der Waals surface area contributed by atoms with Crippen molar-refractivity contribution >= 4 is 46.4 Å². The number of ether oxygens (including phenoxy) is 4. The lowest BCUT2D eigenvalue weighted by atomic mass is 9.49. The number of benzene rings is 3. The van der Waals surface area contributed by atoms with E-state index in [1.165, 1.54) is 11.0 Å². The molecule has 0 radical (unpaired) electrons. The Labute approximate surface area is 420 Å². The fourth-order valence-corrected chi connectivity index (χ4v) is 10.4. The number of thiazole rings is 1. The number of ketones is 1. The summed E-state index contributed by atoms with van der Waals surface area (Å²) in [7, 11) is 0. The zero-order valence-corrected chi connectivity index (χ0v) is 42.7. The first-order valence-electron chi connectivity index (χ1n) is 23.8. The fraction of sp³-hybridized carbons (Fsp3) is 0.481. The number of aromatic nitrogens is 1. The minimum Gasteiger partial charge on any atom is -0.494 e. The van der Waals surface area contributed by atoms with E-state index in [0.717, 1.165) is 28.8 Å². The topological polar surface area (TPSA) is 189 Å². The van der Waals surface area contributed by atoms with Crippen LogP contribution in [0, 0.1) is 33.5 Å². The molecule has 0 spiro atoms. The SMILES string of the molecule is CC(C)(C)C(C/C=C/C(=O)COCCOCCCCOc1ccc(C(=O)NC2C(C)(C)C(Oc3ccc(C#N)c(Cl)c3)C2(C)C)cc1)C(=O)N1C[C@H](O)C[C@H]1C(=O)NCc1ccc(-c2cncs2)cc1. The van der Waals surface area contributed by atoms with Crippen molar-refractivity contribution in [1.82, 2.24) is 20.5 Å². The lowest BCUT2D eigenvalue weighted by Gasteiger charge is -2.63. The van der Waals surface area contributed by atoms with Gasteiger partial charge in [0.15, 0.2) is 5.78 Å². The van der Waals surface area contributed by atoms with E-state index in [9.17, 15) is 29.5 Å². The molecule has 0 bridgehead atoms. The summed E-state index contributed by atoms with van der Waals surface area (Å²) in [5.74, 6) is -0.271. The molecule has 1 unspecified atom stereocenters. The van der Waals surface area contributed by atoms with Crippen LogP contribution in [0.4, 0.5) is 0 Å². The van der Waals surface area contributed by atoms with Crippen molar-refractivity contribution in [2.45, 2.75) is 105 Å². The molecule has 6 rings (SSSR count). The molecule has 2 fully saturated rings. The molecule has 1 aliphatic carbocycles. The van der Waals surface area contributed by atoms with E-state index < -0.39 is 23.5 Å². The second-order valence-electron chi connectivity index (χ2n) is 20.2. The Balaban J connectivity index is 0.829. The number of likely N-dealkylation sites (tertiary alicyclic amines) is 1. The van der Waals surface area contributed by atoms with E-state index in [2.05, 4.69) is 49.4 Å². The van der Waals surface area contributed by atoms with Crippen LogP contribution in [0.3, 0.4) is 0 Å². The van der Waals surface area contributed by atoms with Crippen LogP contribution in [-0.4, -0.2) is 102 Å². The average molecular weight is 997 g/mol. The van der Waals surface area contributed by atoms with Crippen LogP contribution < -0.4 is 20.1 Å². The van der Waals surface area contributed by atoms with Crippen molar-refractivity contribution in [1.29, 1.82) is 5.26 Å². The van der Waals surface area contributed by atoms with E-state index in [4.69, 9.17) is 30.5 Å². The number of amides is 3. The molecule has 3 amide bonds. The molecule has 3 N–H and O–H groups in total. The highest BCUT2D eigenvalue weighted by atomic mass is 35.5. The van der Waals surface area contributed by atoms with Crippen molar-refractivity contribution in [3.8, 4) is 28.0 Å². The summed E-state index contributed by atoms with van der Waals surface area (Å²) >= 11 is 7.78. The number of halogens is 1. The third kappa shape index (κ3) is 13.8. The Kier molecular flexibility index (Phi) is 18.4. The van der Waals surface area contributed by atoms with Gasteiger partial charge in [0.25, 0.3) is 5.91 Å². The highest BCUT2D eigenvalue weighted by molar-refractivity contribution is 7.13. The number of aliphatic hydroxyl groups is 1. The maximum atomic E-state index is 14.0. The lowest BCUT2D eigenvalue weighted by molar-refractivity contribution is -0.164. The Morgan fingerprint density at radius 1 is 0.957 bits per heavy atom. The van der Waals surface area contributed by atoms with Crippen molar-refractivity contribution < 1.29 is 43.2 Å². The van der Waals surface area contributed by atoms with E-state index in [1.54, 1.807) is 65.4 Å². The van der Waals surface area contributed by atoms with Crippen LogP contribution in [0.1, 0.15) is 95.6 Å². The molecule has 3 aromatic carbocycles. The number of carbonyl (C=O) groups excluding carboxylic acids is 4. The van der Waals surface area contributed by atoms with E-state index in [0.29, 0.717) is 47.5 Å². The highest BCUT2D eigenvalue weighted by Crippen LogP contribution is 2.55. The van der Waals surface area contributed by atoms with Crippen molar-refractivity contribution in [2.75, 3.05) is 39.6 Å². The van der Waals surface area contributed by atoms with Gasteiger partial charge in [0.1, 0.15) is 36.3 Å². The molecule has 16 heteroatoms. The molecule has 2 heterocycles. The maximum absolute atomic E-state index is 14.0. The predicted molar refractivity (Wildman–Crippen MR) is 269 cm³/mol. The third-order valence-electron chi connectivity index (χ3n) is 13.1. The molecule has 1 aliphatic heterocycles. The first-order valence-corrected chi connectivity index (χ1v) is 25.0. The van der Waals surface area contributed by atoms with Crippen molar-refractivity contribution in [2.24, 2.45) is 22.2 Å². The molecule has 1 aromatic heterocycles. The molecule has 4 aromatic rings. The standard InChI is InChI=1S/C54H66ClN5O9S/c1-52(2,3)43(49(65)60-32-40(62)27-45(60)48(64)58-30-35-13-15-36(16-14-35)46-31-57-34-70-46)12-10-11-39(61)33-67-26-25-66-23-8-9-24-68-41-20-17-37(18-21-41)47(63)59-50-53(4,5)51(54(50,6)7)69-42-22-19-38(29-56)44(55)28-42/h10-11,13-22,28,31,34,40,43,45,50-51,62H,8-9,12,23-27,30,32-33H2,1-7H3,(H,58,64)(H,59,63)/b11-10+/t40-,43?,45+,50?,51?/m1/s1. The summed E-state index contributed by atoms with van der Waals surface area (Å²) in [5, 5.41) is 26.2. The number of rotatable bonds is 23. The average Bonchev–Trinajstić information content (AvgIpc) is 4.01. The fourth-order valence-electron chi connectivity index (χ4n) is 9.57. The molecular weight excluding hydrogens is 930 g/mol. The second kappa shape index (κ2) is 24.0. The van der Waals surface area contributed by atoms with Crippen LogP contribution in [-0.2, 0) is 30.4 Å².